The highest BCUT2D eigenvalue weighted by Gasteiger charge is 2.28. The average Bonchev–Trinajstić information content (AvgIpc) is 3.37. The summed E-state index contributed by atoms with van der Waals surface area (Å²) in [5, 5.41) is 11.5. The van der Waals surface area contributed by atoms with E-state index in [1.165, 1.54) is 5.56 Å². The molecule has 5 rings (SSSR count). The lowest BCUT2D eigenvalue weighted by Crippen LogP contribution is -2.37. The first-order valence-electron chi connectivity index (χ1n) is 12.1. The molecule has 1 aliphatic rings. The molecule has 0 spiro atoms. The van der Waals surface area contributed by atoms with Crippen molar-refractivity contribution >= 4 is 16.8 Å². The fraction of sp³-hybridized carbons (Fsp3) is 0.321. The van der Waals surface area contributed by atoms with E-state index in [0.717, 1.165) is 53.4 Å². The van der Waals surface area contributed by atoms with E-state index in [1.807, 2.05) is 42.7 Å². The molecule has 1 unspecified atom stereocenters. The van der Waals surface area contributed by atoms with Crippen molar-refractivity contribution in [2.75, 3.05) is 6.54 Å². The van der Waals surface area contributed by atoms with E-state index >= 15 is 0 Å². The molecule has 4 N–H and O–H groups in total. The maximum atomic E-state index is 13.3. The third-order valence-corrected chi connectivity index (χ3v) is 7.06. The minimum atomic E-state index is -0.195. The summed E-state index contributed by atoms with van der Waals surface area (Å²) < 4.78 is 0. The quantitative estimate of drug-likeness (QED) is 0.375. The van der Waals surface area contributed by atoms with Gasteiger partial charge < -0.3 is 11.1 Å². The zero-order chi connectivity index (χ0) is 23.3. The van der Waals surface area contributed by atoms with E-state index in [1.54, 1.807) is 0 Å². The Labute approximate surface area is 200 Å². The predicted molar refractivity (Wildman–Crippen MR) is 135 cm³/mol. The molecule has 1 amide bonds. The predicted octanol–water partition coefficient (Wildman–Crippen LogP) is 4.79. The Morgan fingerprint density at radius 1 is 1.03 bits per heavy atom. The summed E-state index contributed by atoms with van der Waals surface area (Å²) >= 11 is 0. The summed E-state index contributed by atoms with van der Waals surface area (Å²) in [4.78, 5) is 17.9. The van der Waals surface area contributed by atoms with Crippen LogP contribution < -0.4 is 11.1 Å². The first kappa shape index (κ1) is 22.3. The number of carbonyl (C=O) groups is 1. The third kappa shape index (κ3) is 5.02. The maximum absolute atomic E-state index is 13.3. The fourth-order valence-electron chi connectivity index (χ4n) is 4.97. The number of aromatic nitrogens is 3. The van der Waals surface area contributed by atoms with Crippen LogP contribution in [0, 0.1) is 11.8 Å². The number of amides is 1. The van der Waals surface area contributed by atoms with E-state index in [4.69, 9.17) is 5.73 Å². The van der Waals surface area contributed by atoms with Gasteiger partial charge in [-0.1, -0.05) is 36.4 Å². The van der Waals surface area contributed by atoms with Gasteiger partial charge in [-0.2, -0.15) is 5.10 Å². The van der Waals surface area contributed by atoms with Crippen LogP contribution in [0.1, 0.15) is 43.0 Å². The molecule has 2 aromatic heterocycles. The minimum absolute atomic E-state index is 0.0488. The smallest absolute Gasteiger partial charge is 0.223 e. The van der Waals surface area contributed by atoms with Crippen LogP contribution in [0.3, 0.4) is 0 Å². The second kappa shape index (κ2) is 10.2. The first-order chi connectivity index (χ1) is 16.7. The van der Waals surface area contributed by atoms with Gasteiger partial charge in [0.05, 0.1) is 23.4 Å². The molecule has 2 heterocycles. The van der Waals surface area contributed by atoms with Crippen LogP contribution in [0.5, 0.6) is 0 Å². The Bertz CT molecular complexity index is 1240. The zero-order valence-corrected chi connectivity index (χ0v) is 19.3. The van der Waals surface area contributed by atoms with Gasteiger partial charge in [-0.15, -0.1) is 0 Å². The van der Waals surface area contributed by atoms with Gasteiger partial charge >= 0.3 is 0 Å². The Kier molecular flexibility index (Phi) is 6.67. The summed E-state index contributed by atoms with van der Waals surface area (Å²) in [6, 6.07) is 20.4. The largest absolute Gasteiger partial charge is 0.347 e. The molecule has 0 saturated heterocycles. The molecule has 2 aromatic carbocycles. The lowest BCUT2D eigenvalue weighted by molar-refractivity contribution is -0.127. The monoisotopic (exact) mass is 453 g/mol. The van der Waals surface area contributed by atoms with Gasteiger partial charge in [0, 0.05) is 17.5 Å². The Morgan fingerprint density at radius 3 is 2.62 bits per heavy atom. The van der Waals surface area contributed by atoms with Crippen molar-refractivity contribution in [3.8, 4) is 11.1 Å². The van der Waals surface area contributed by atoms with Crippen LogP contribution in [0.4, 0.5) is 0 Å². The van der Waals surface area contributed by atoms with Crippen LogP contribution in [0.15, 0.2) is 73.1 Å². The normalized spacial score (nSPS) is 19.1. The van der Waals surface area contributed by atoms with E-state index in [2.05, 4.69) is 50.8 Å². The summed E-state index contributed by atoms with van der Waals surface area (Å²) in [6.07, 6.45) is 8.24. The molecule has 1 atom stereocenters. The summed E-state index contributed by atoms with van der Waals surface area (Å²) in [6.45, 7) is 0.715. The topological polar surface area (TPSA) is 96.7 Å². The highest BCUT2D eigenvalue weighted by atomic mass is 16.1. The van der Waals surface area contributed by atoms with Crippen LogP contribution in [-0.4, -0.2) is 27.6 Å². The van der Waals surface area contributed by atoms with E-state index < -0.39 is 0 Å². The second-order valence-corrected chi connectivity index (χ2v) is 9.35. The molecule has 174 valence electrons. The lowest BCUT2D eigenvalue weighted by atomic mass is 9.81. The molecule has 34 heavy (non-hydrogen) atoms. The van der Waals surface area contributed by atoms with E-state index in [0.29, 0.717) is 18.9 Å². The average molecular weight is 454 g/mol. The standard InChI is InChI=1S/C28H31N5O/c29-17-20-6-8-21(9-7-20)28(34)32-27(14-19-4-2-1-3-5-19)26-16-23(12-13-30-26)22-10-11-25-24(15-22)18-31-33-25/h1-5,10-13,15-16,18,20-21,27H,6-9,14,17,29H2,(H,31,33)(H,32,34)/t20-,21-,27?. The number of carbonyl (C=O) groups excluding carboxylic acids is 1. The van der Waals surface area contributed by atoms with Crippen LogP contribution >= 0.6 is 0 Å². The molecule has 6 nitrogen and oxygen atoms in total. The van der Waals surface area contributed by atoms with Gasteiger partial charge in [-0.05, 0) is 85.5 Å². The Morgan fingerprint density at radius 2 is 1.82 bits per heavy atom. The Balaban J connectivity index is 1.40. The maximum Gasteiger partial charge on any atom is 0.223 e. The third-order valence-electron chi connectivity index (χ3n) is 7.06. The summed E-state index contributed by atoms with van der Waals surface area (Å²) in [7, 11) is 0. The van der Waals surface area contributed by atoms with Crippen LogP contribution in [-0.2, 0) is 11.2 Å². The molecular formula is C28H31N5O. The van der Waals surface area contributed by atoms with Gasteiger partial charge in [0.15, 0.2) is 0 Å². The Hall–Kier alpha value is -3.51. The van der Waals surface area contributed by atoms with Crippen molar-refractivity contribution in [1.82, 2.24) is 20.5 Å². The summed E-state index contributed by atoms with van der Waals surface area (Å²) in [5.41, 5.74) is 11.1. The second-order valence-electron chi connectivity index (χ2n) is 9.35. The van der Waals surface area contributed by atoms with Crippen LogP contribution in [0.25, 0.3) is 22.0 Å². The molecule has 1 fully saturated rings. The van der Waals surface area contributed by atoms with Crippen LogP contribution in [0.2, 0.25) is 0 Å². The molecule has 1 aliphatic carbocycles. The number of benzene rings is 2. The van der Waals surface area contributed by atoms with Gasteiger partial charge in [0.25, 0.3) is 0 Å². The minimum Gasteiger partial charge on any atom is -0.347 e. The number of nitrogens with one attached hydrogen (secondary N) is 2. The molecule has 4 aromatic rings. The van der Waals surface area contributed by atoms with Gasteiger partial charge in [-0.25, -0.2) is 0 Å². The number of H-pyrrole nitrogens is 1. The number of nitrogens with zero attached hydrogens (tertiary/aromatic N) is 2. The molecular weight excluding hydrogens is 422 g/mol. The highest BCUT2D eigenvalue weighted by molar-refractivity contribution is 5.84. The van der Waals surface area contributed by atoms with Gasteiger partial charge in [0.1, 0.15) is 0 Å². The number of hydrogen-bond acceptors (Lipinski definition) is 4. The van der Waals surface area contributed by atoms with Crippen molar-refractivity contribution in [2.45, 2.75) is 38.1 Å². The van der Waals surface area contributed by atoms with Gasteiger partial charge in [0.2, 0.25) is 5.91 Å². The number of rotatable bonds is 7. The number of fused-ring (bicyclic) bond motifs is 1. The van der Waals surface area contributed by atoms with E-state index in [-0.39, 0.29) is 17.9 Å². The number of aromatic amines is 1. The number of nitrogens with two attached hydrogens (primary N) is 1. The molecule has 0 aliphatic heterocycles. The molecule has 0 bridgehead atoms. The molecule has 0 radical (unpaired) electrons. The zero-order valence-electron chi connectivity index (χ0n) is 19.3. The van der Waals surface area contributed by atoms with Crippen molar-refractivity contribution in [1.29, 1.82) is 0 Å². The summed E-state index contributed by atoms with van der Waals surface area (Å²) in [5.74, 6) is 0.728. The lowest BCUT2D eigenvalue weighted by Gasteiger charge is -2.28. The number of pyridine rings is 1. The van der Waals surface area contributed by atoms with Crippen molar-refractivity contribution < 1.29 is 4.79 Å². The number of hydrogen-bond donors (Lipinski definition) is 3. The van der Waals surface area contributed by atoms with Crippen molar-refractivity contribution in [3.63, 3.8) is 0 Å². The fourth-order valence-corrected chi connectivity index (χ4v) is 4.97. The molecule has 1 saturated carbocycles. The van der Waals surface area contributed by atoms with E-state index in [9.17, 15) is 4.79 Å². The first-order valence-corrected chi connectivity index (χ1v) is 12.1. The highest BCUT2D eigenvalue weighted by Crippen LogP contribution is 2.30. The van der Waals surface area contributed by atoms with Gasteiger partial charge in [-0.3, -0.25) is 14.9 Å². The molecule has 6 heteroatoms. The van der Waals surface area contributed by atoms with Crippen molar-refractivity contribution in [2.24, 2.45) is 17.6 Å². The van der Waals surface area contributed by atoms with Crippen molar-refractivity contribution in [3.05, 3.63) is 84.3 Å². The SMILES string of the molecule is NC[C@H]1CC[C@H](C(=O)NC(Cc2ccccc2)c2cc(-c3ccc4[nH]ncc4c3)ccn2)CC1.